The fourth-order valence-electron chi connectivity index (χ4n) is 1.95. The maximum absolute atomic E-state index is 13.0. The third-order valence-corrected chi connectivity index (χ3v) is 2.98. The molecule has 0 bridgehead atoms. The van der Waals surface area contributed by atoms with Gasteiger partial charge in [-0.25, -0.2) is 13.6 Å². The zero-order chi connectivity index (χ0) is 14.8. The lowest BCUT2D eigenvalue weighted by Crippen LogP contribution is -2.05. The summed E-state index contributed by atoms with van der Waals surface area (Å²) < 4.78 is 36.3. The summed E-state index contributed by atoms with van der Waals surface area (Å²) in [6, 6.07) is 12.0. The van der Waals surface area contributed by atoms with Crippen LogP contribution in [0.2, 0.25) is 0 Å². The zero-order valence-electron chi connectivity index (χ0n) is 10.8. The Bertz CT molecular complexity index is 775. The number of carbonyl (C=O) groups is 1. The standard InChI is InChI=1S/C16H10F2O3/c17-13-6-5-11(8-14(13)18)16(19)20-9-12-7-10-3-1-2-4-15(10)21-12/h1-8H,9H2. The second-order valence-corrected chi connectivity index (χ2v) is 4.46. The Balaban J connectivity index is 1.71. The van der Waals surface area contributed by atoms with Gasteiger partial charge in [0.2, 0.25) is 0 Å². The lowest BCUT2D eigenvalue weighted by atomic mass is 10.2. The summed E-state index contributed by atoms with van der Waals surface area (Å²) in [6.45, 7) is -0.0769. The zero-order valence-corrected chi connectivity index (χ0v) is 10.8. The predicted octanol–water partition coefficient (Wildman–Crippen LogP) is 4.07. The van der Waals surface area contributed by atoms with Gasteiger partial charge >= 0.3 is 5.97 Å². The summed E-state index contributed by atoms with van der Waals surface area (Å²) in [6.07, 6.45) is 0. The number of para-hydroxylation sites is 1. The van der Waals surface area contributed by atoms with Crippen LogP contribution in [0.15, 0.2) is 52.9 Å². The van der Waals surface area contributed by atoms with Gasteiger partial charge in [-0.2, -0.15) is 0 Å². The molecule has 0 saturated carbocycles. The van der Waals surface area contributed by atoms with E-state index >= 15 is 0 Å². The molecule has 106 valence electrons. The van der Waals surface area contributed by atoms with E-state index < -0.39 is 17.6 Å². The molecule has 0 spiro atoms. The summed E-state index contributed by atoms with van der Waals surface area (Å²) in [5.74, 6) is -2.36. The molecule has 1 heterocycles. The average molecular weight is 288 g/mol. The lowest BCUT2D eigenvalue weighted by Gasteiger charge is -2.03. The third-order valence-electron chi connectivity index (χ3n) is 2.98. The van der Waals surface area contributed by atoms with E-state index in [0.717, 1.165) is 17.5 Å². The largest absolute Gasteiger partial charge is 0.457 e. The monoisotopic (exact) mass is 288 g/mol. The van der Waals surface area contributed by atoms with Crippen molar-refractivity contribution in [2.45, 2.75) is 6.61 Å². The molecule has 0 aliphatic rings. The van der Waals surface area contributed by atoms with E-state index in [0.29, 0.717) is 11.3 Å². The minimum atomic E-state index is -1.09. The molecule has 5 heteroatoms. The Kier molecular flexibility index (Phi) is 3.39. The molecule has 0 amide bonds. The van der Waals surface area contributed by atoms with E-state index in [2.05, 4.69) is 0 Å². The number of halogens is 2. The third kappa shape index (κ3) is 2.76. The number of carbonyl (C=O) groups excluding carboxylic acids is 1. The SMILES string of the molecule is O=C(OCc1cc2ccccc2o1)c1ccc(F)c(F)c1. The van der Waals surface area contributed by atoms with Crippen molar-refractivity contribution in [3.63, 3.8) is 0 Å². The molecule has 0 atom stereocenters. The number of rotatable bonds is 3. The number of furan rings is 1. The van der Waals surface area contributed by atoms with E-state index in [9.17, 15) is 13.6 Å². The van der Waals surface area contributed by atoms with Crippen LogP contribution in [0.4, 0.5) is 8.78 Å². The van der Waals surface area contributed by atoms with E-state index in [1.807, 2.05) is 18.2 Å². The molecule has 3 rings (SSSR count). The molecule has 0 saturated heterocycles. The molecule has 0 unspecified atom stereocenters. The second kappa shape index (κ2) is 5.36. The summed E-state index contributed by atoms with van der Waals surface area (Å²) >= 11 is 0. The maximum Gasteiger partial charge on any atom is 0.338 e. The summed E-state index contributed by atoms with van der Waals surface area (Å²) in [5, 5.41) is 0.899. The van der Waals surface area contributed by atoms with Gasteiger partial charge in [0.05, 0.1) is 5.56 Å². The highest BCUT2D eigenvalue weighted by atomic mass is 19.2. The highest BCUT2D eigenvalue weighted by molar-refractivity contribution is 5.89. The van der Waals surface area contributed by atoms with E-state index in [1.54, 1.807) is 12.1 Å². The van der Waals surface area contributed by atoms with Crippen LogP contribution in [-0.2, 0) is 11.3 Å². The van der Waals surface area contributed by atoms with Crippen LogP contribution in [0.1, 0.15) is 16.1 Å². The smallest absolute Gasteiger partial charge is 0.338 e. The highest BCUT2D eigenvalue weighted by Crippen LogP contribution is 2.19. The Labute approximate surface area is 118 Å². The van der Waals surface area contributed by atoms with Gasteiger partial charge < -0.3 is 9.15 Å². The van der Waals surface area contributed by atoms with Crippen molar-refractivity contribution in [2.24, 2.45) is 0 Å². The number of benzene rings is 2. The number of hydrogen-bond acceptors (Lipinski definition) is 3. The summed E-state index contributed by atoms with van der Waals surface area (Å²) in [7, 11) is 0. The van der Waals surface area contributed by atoms with Crippen LogP contribution in [0.5, 0.6) is 0 Å². The van der Waals surface area contributed by atoms with Crippen molar-refractivity contribution in [1.29, 1.82) is 0 Å². The highest BCUT2D eigenvalue weighted by Gasteiger charge is 2.12. The van der Waals surface area contributed by atoms with Crippen molar-refractivity contribution >= 4 is 16.9 Å². The number of ether oxygens (including phenoxy) is 1. The van der Waals surface area contributed by atoms with E-state index in [-0.39, 0.29) is 12.2 Å². The number of fused-ring (bicyclic) bond motifs is 1. The molecule has 3 nitrogen and oxygen atoms in total. The first-order valence-corrected chi connectivity index (χ1v) is 6.23. The van der Waals surface area contributed by atoms with Gasteiger partial charge in [0.1, 0.15) is 18.0 Å². The van der Waals surface area contributed by atoms with E-state index in [4.69, 9.17) is 9.15 Å². The second-order valence-electron chi connectivity index (χ2n) is 4.46. The van der Waals surface area contributed by atoms with Crippen LogP contribution >= 0.6 is 0 Å². The quantitative estimate of drug-likeness (QED) is 0.682. The molecule has 0 N–H and O–H groups in total. The molecule has 0 aliphatic heterocycles. The molecule has 0 radical (unpaired) electrons. The van der Waals surface area contributed by atoms with Crippen LogP contribution in [0.25, 0.3) is 11.0 Å². The first-order valence-electron chi connectivity index (χ1n) is 6.23. The maximum atomic E-state index is 13.0. The minimum Gasteiger partial charge on any atom is -0.457 e. The molecule has 0 aliphatic carbocycles. The number of esters is 1. The van der Waals surface area contributed by atoms with Crippen molar-refractivity contribution < 1.29 is 22.7 Å². The Morgan fingerprint density at radius 2 is 1.86 bits per heavy atom. The molecule has 0 fully saturated rings. The van der Waals surface area contributed by atoms with Gasteiger partial charge in [0.25, 0.3) is 0 Å². The first kappa shape index (κ1) is 13.3. The van der Waals surface area contributed by atoms with Gasteiger partial charge in [0, 0.05) is 5.39 Å². The Morgan fingerprint density at radius 3 is 2.62 bits per heavy atom. The fraction of sp³-hybridized carbons (Fsp3) is 0.0625. The van der Waals surface area contributed by atoms with Crippen molar-refractivity contribution in [2.75, 3.05) is 0 Å². The fourth-order valence-corrected chi connectivity index (χ4v) is 1.95. The lowest BCUT2D eigenvalue weighted by molar-refractivity contribution is 0.0447. The molecule has 2 aromatic carbocycles. The molecular weight excluding hydrogens is 278 g/mol. The van der Waals surface area contributed by atoms with Crippen LogP contribution in [0, 0.1) is 11.6 Å². The Morgan fingerprint density at radius 1 is 1.05 bits per heavy atom. The van der Waals surface area contributed by atoms with E-state index in [1.165, 1.54) is 6.07 Å². The molecule has 1 aromatic heterocycles. The van der Waals surface area contributed by atoms with Gasteiger partial charge in [-0.05, 0) is 30.3 Å². The first-order chi connectivity index (χ1) is 10.1. The summed E-state index contributed by atoms with van der Waals surface area (Å²) in [4.78, 5) is 11.7. The topological polar surface area (TPSA) is 39.4 Å². The van der Waals surface area contributed by atoms with Crippen molar-refractivity contribution in [3.8, 4) is 0 Å². The van der Waals surface area contributed by atoms with Gasteiger partial charge in [-0.15, -0.1) is 0 Å². The van der Waals surface area contributed by atoms with Gasteiger partial charge in [-0.1, -0.05) is 18.2 Å². The molecule has 3 aromatic rings. The molecular formula is C16H10F2O3. The van der Waals surface area contributed by atoms with Crippen molar-refractivity contribution in [3.05, 3.63) is 71.5 Å². The normalized spacial score (nSPS) is 10.8. The van der Waals surface area contributed by atoms with Crippen molar-refractivity contribution in [1.82, 2.24) is 0 Å². The average Bonchev–Trinajstić information content (AvgIpc) is 2.90. The predicted molar refractivity (Wildman–Crippen MR) is 71.7 cm³/mol. The van der Waals surface area contributed by atoms with Crippen LogP contribution in [-0.4, -0.2) is 5.97 Å². The molecule has 21 heavy (non-hydrogen) atoms. The van der Waals surface area contributed by atoms with Gasteiger partial charge in [-0.3, -0.25) is 0 Å². The van der Waals surface area contributed by atoms with Crippen LogP contribution < -0.4 is 0 Å². The number of hydrogen-bond donors (Lipinski definition) is 0. The van der Waals surface area contributed by atoms with Crippen LogP contribution in [0.3, 0.4) is 0 Å². The summed E-state index contributed by atoms with van der Waals surface area (Å²) in [5.41, 5.74) is 0.640. The minimum absolute atomic E-state index is 0.0509. The Hall–Kier alpha value is -2.69. The van der Waals surface area contributed by atoms with Gasteiger partial charge in [0.15, 0.2) is 11.6 Å².